The number of ketones is 1. The highest BCUT2D eigenvalue weighted by molar-refractivity contribution is 5.81. The summed E-state index contributed by atoms with van der Waals surface area (Å²) in [7, 11) is 2.13. The van der Waals surface area contributed by atoms with E-state index in [1.54, 1.807) is 0 Å². The molecule has 0 unspecified atom stereocenters. The standard InChI is InChI=1S/C12H21NO/c1-13-8-10(9-13)7-12(14)11-5-3-2-4-6-11/h10-11H,2-9H2,1H3. The largest absolute Gasteiger partial charge is 0.306 e. The fourth-order valence-corrected chi connectivity index (χ4v) is 2.83. The van der Waals surface area contributed by atoms with Gasteiger partial charge in [0.15, 0.2) is 0 Å². The predicted molar refractivity (Wildman–Crippen MR) is 57.2 cm³/mol. The van der Waals surface area contributed by atoms with Gasteiger partial charge in [0.1, 0.15) is 5.78 Å². The Balaban J connectivity index is 1.71. The van der Waals surface area contributed by atoms with Crippen molar-refractivity contribution < 1.29 is 4.79 Å². The van der Waals surface area contributed by atoms with Crippen LogP contribution < -0.4 is 0 Å². The third-order valence-corrected chi connectivity index (χ3v) is 3.69. The van der Waals surface area contributed by atoms with E-state index in [-0.39, 0.29) is 0 Å². The summed E-state index contributed by atoms with van der Waals surface area (Å²) in [5, 5.41) is 0. The summed E-state index contributed by atoms with van der Waals surface area (Å²) < 4.78 is 0. The van der Waals surface area contributed by atoms with Crippen LogP contribution in [0.4, 0.5) is 0 Å². The van der Waals surface area contributed by atoms with E-state index >= 15 is 0 Å². The molecule has 0 aromatic rings. The van der Waals surface area contributed by atoms with E-state index < -0.39 is 0 Å². The second-order valence-corrected chi connectivity index (χ2v) is 5.09. The molecule has 0 aromatic heterocycles. The molecule has 2 fully saturated rings. The van der Waals surface area contributed by atoms with Gasteiger partial charge in [-0.05, 0) is 25.8 Å². The molecule has 0 amide bonds. The Bertz CT molecular complexity index is 202. The van der Waals surface area contributed by atoms with E-state index in [0.29, 0.717) is 17.6 Å². The Hall–Kier alpha value is -0.370. The van der Waals surface area contributed by atoms with E-state index in [2.05, 4.69) is 11.9 Å². The molecule has 0 bridgehead atoms. The molecule has 0 radical (unpaired) electrons. The molecule has 0 N–H and O–H groups in total. The third kappa shape index (κ3) is 2.35. The summed E-state index contributed by atoms with van der Waals surface area (Å²) in [6, 6.07) is 0. The van der Waals surface area contributed by atoms with Crippen molar-refractivity contribution in [2.75, 3.05) is 20.1 Å². The number of hydrogen-bond acceptors (Lipinski definition) is 2. The second kappa shape index (κ2) is 4.43. The topological polar surface area (TPSA) is 20.3 Å². The summed E-state index contributed by atoms with van der Waals surface area (Å²) in [5.41, 5.74) is 0. The summed E-state index contributed by atoms with van der Waals surface area (Å²) >= 11 is 0. The number of Topliss-reactive ketones (excluding diaryl/α,β-unsaturated/α-hetero) is 1. The maximum atomic E-state index is 11.9. The predicted octanol–water partition coefficient (Wildman–Crippen LogP) is 2.09. The number of rotatable bonds is 3. The molecule has 0 aromatic carbocycles. The van der Waals surface area contributed by atoms with Crippen molar-refractivity contribution in [3.63, 3.8) is 0 Å². The lowest BCUT2D eigenvalue weighted by atomic mass is 9.82. The quantitative estimate of drug-likeness (QED) is 0.687. The van der Waals surface area contributed by atoms with Gasteiger partial charge in [-0.25, -0.2) is 0 Å². The van der Waals surface area contributed by atoms with Gasteiger partial charge in [-0.1, -0.05) is 19.3 Å². The van der Waals surface area contributed by atoms with Gasteiger partial charge in [0.25, 0.3) is 0 Å². The van der Waals surface area contributed by atoms with Crippen LogP contribution in [0.3, 0.4) is 0 Å². The van der Waals surface area contributed by atoms with Crippen molar-refractivity contribution in [2.24, 2.45) is 11.8 Å². The highest BCUT2D eigenvalue weighted by atomic mass is 16.1. The molecule has 0 spiro atoms. The van der Waals surface area contributed by atoms with Gasteiger partial charge in [0, 0.05) is 25.4 Å². The fourth-order valence-electron chi connectivity index (χ4n) is 2.83. The minimum Gasteiger partial charge on any atom is -0.306 e. The first kappa shape index (κ1) is 10.2. The number of likely N-dealkylation sites (tertiary alicyclic amines) is 1. The first-order chi connectivity index (χ1) is 6.75. The van der Waals surface area contributed by atoms with Crippen LogP contribution >= 0.6 is 0 Å². The first-order valence-corrected chi connectivity index (χ1v) is 5.97. The van der Waals surface area contributed by atoms with E-state index in [0.717, 1.165) is 19.5 Å². The van der Waals surface area contributed by atoms with Crippen molar-refractivity contribution in [1.29, 1.82) is 0 Å². The van der Waals surface area contributed by atoms with Crippen LogP contribution in [0.1, 0.15) is 38.5 Å². The SMILES string of the molecule is CN1CC(CC(=O)C2CCCCC2)C1. The Morgan fingerprint density at radius 3 is 2.43 bits per heavy atom. The van der Waals surface area contributed by atoms with Crippen LogP contribution in [-0.2, 0) is 4.79 Å². The molecular weight excluding hydrogens is 174 g/mol. The summed E-state index contributed by atoms with van der Waals surface area (Å²) in [4.78, 5) is 14.2. The fraction of sp³-hybridized carbons (Fsp3) is 0.917. The van der Waals surface area contributed by atoms with Crippen LogP contribution in [0.5, 0.6) is 0 Å². The van der Waals surface area contributed by atoms with Gasteiger partial charge in [-0.15, -0.1) is 0 Å². The van der Waals surface area contributed by atoms with Gasteiger partial charge >= 0.3 is 0 Å². The Kier molecular flexibility index (Phi) is 3.22. The lowest BCUT2D eigenvalue weighted by molar-refractivity contribution is -0.125. The summed E-state index contributed by atoms with van der Waals surface area (Å²) in [5.74, 6) is 1.66. The zero-order chi connectivity index (χ0) is 9.97. The second-order valence-electron chi connectivity index (χ2n) is 5.09. The molecule has 1 aliphatic carbocycles. The minimum absolute atomic E-state index is 0.426. The molecule has 80 valence electrons. The van der Waals surface area contributed by atoms with Crippen molar-refractivity contribution in [3.05, 3.63) is 0 Å². The Morgan fingerprint density at radius 2 is 1.86 bits per heavy atom. The van der Waals surface area contributed by atoms with E-state index in [4.69, 9.17) is 0 Å². The highest BCUT2D eigenvalue weighted by Gasteiger charge is 2.29. The van der Waals surface area contributed by atoms with Gasteiger partial charge < -0.3 is 4.90 Å². The third-order valence-electron chi connectivity index (χ3n) is 3.69. The van der Waals surface area contributed by atoms with Crippen molar-refractivity contribution in [1.82, 2.24) is 4.90 Å². The molecule has 0 atom stereocenters. The minimum atomic E-state index is 0.426. The van der Waals surface area contributed by atoms with E-state index in [1.165, 1.54) is 32.1 Å². The molecule has 1 saturated heterocycles. The summed E-state index contributed by atoms with van der Waals surface area (Å²) in [6.07, 6.45) is 7.09. The number of carbonyl (C=O) groups is 1. The molecular formula is C12H21NO. The first-order valence-electron chi connectivity index (χ1n) is 5.97. The van der Waals surface area contributed by atoms with Crippen molar-refractivity contribution in [3.8, 4) is 0 Å². The molecule has 2 heteroatoms. The van der Waals surface area contributed by atoms with Crippen LogP contribution in [0.15, 0.2) is 0 Å². The van der Waals surface area contributed by atoms with Crippen LogP contribution in [0, 0.1) is 11.8 Å². The zero-order valence-corrected chi connectivity index (χ0v) is 9.17. The molecule has 1 aliphatic heterocycles. The molecule has 2 nitrogen and oxygen atoms in total. The van der Waals surface area contributed by atoms with E-state index in [1.807, 2.05) is 0 Å². The molecule has 2 aliphatic rings. The number of hydrogen-bond donors (Lipinski definition) is 0. The lowest BCUT2D eigenvalue weighted by Gasteiger charge is -2.36. The Labute approximate surface area is 86.7 Å². The molecule has 2 rings (SSSR count). The monoisotopic (exact) mass is 195 g/mol. The average molecular weight is 195 g/mol. The molecule has 14 heavy (non-hydrogen) atoms. The lowest BCUT2D eigenvalue weighted by Crippen LogP contribution is -2.45. The maximum Gasteiger partial charge on any atom is 0.136 e. The normalized spacial score (nSPS) is 26.1. The van der Waals surface area contributed by atoms with Crippen LogP contribution in [0.2, 0.25) is 0 Å². The highest BCUT2D eigenvalue weighted by Crippen LogP contribution is 2.28. The molecule has 1 saturated carbocycles. The zero-order valence-electron chi connectivity index (χ0n) is 9.17. The van der Waals surface area contributed by atoms with Crippen LogP contribution in [0.25, 0.3) is 0 Å². The van der Waals surface area contributed by atoms with Gasteiger partial charge in [-0.3, -0.25) is 4.79 Å². The van der Waals surface area contributed by atoms with E-state index in [9.17, 15) is 4.79 Å². The number of nitrogens with zero attached hydrogens (tertiary/aromatic N) is 1. The average Bonchev–Trinajstić information content (AvgIpc) is 2.17. The van der Waals surface area contributed by atoms with Crippen LogP contribution in [-0.4, -0.2) is 30.8 Å². The Morgan fingerprint density at radius 1 is 1.21 bits per heavy atom. The van der Waals surface area contributed by atoms with Crippen molar-refractivity contribution >= 4 is 5.78 Å². The summed E-state index contributed by atoms with van der Waals surface area (Å²) in [6.45, 7) is 2.27. The van der Waals surface area contributed by atoms with Gasteiger partial charge in [-0.2, -0.15) is 0 Å². The molecule has 1 heterocycles. The van der Waals surface area contributed by atoms with Gasteiger partial charge in [0.05, 0.1) is 0 Å². The number of carbonyl (C=O) groups excluding carboxylic acids is 1. The maximum absolute atomic E-state index is 11.9. The van der Waals surface area contributed by atoms with Gasteiger partial charge in [0.2, 0.25) is 0 Å². The smallest absolute Gasteiger partial charge is 0.136 e. The van der Waals surface area contributed by atoms with Crippen molar-refractivity contribution in [2.45, 2.75) is 38.5 Å².